The van der Waals surface area contributed by atoms with Crippen LogP contribution in [0.2, 0.25) is 0 Å². The van der Waals surface area contributed by atoms with Gasteiger partial charge in [-0.25, -0.2) is 23.6 Å². The lowest BCUT2D eigenvalue weighted by Crippen LogP contribution is -2.71. The van der Waals surface area contributed by atoms with Gasteiger partial charge in [-0.15, -0.1) is 28.2 Å². The lowest BCUT2D eigenvalue weighted by atomic mass is 10.0. The van der Waals surface area contributed by atoms with Crippen LogP contribution in [-0.4, -0.2) is 116 Å². The normalized spacial score (nSPS) is 18.1. The molecule has 2 unspecified atom stereocenters. The number of rotatable bonds is 14. The fourth-order valence-electron chi connectivity index (χ4n) is 4.38. The number of nitrogens with one attached hydrogen (secondary N) is 2. The number of aliphatic carboxylic acids is 2. The molecule has 3 atom stereocenters. The number of nitrogens with zero attached hydrogens (tertiary/aromatic N) is 7. The minimum atomic E-state index is -5.23. The first-order chi connectivity index (χ1) is 24.1. The van der Waals surface area contributed by atoms with Crippen molar-refractivity contribution in [1.29, 1.82) is 0 Å². The molecule has 18 nitrogen and oxygen atoms in total. The molecule has 0 spiro atoms. The Bertz CT molecular complexity index is 1920. The van der Waals surface area contributed by atoms with Gasteiger partial charge in [0.2, 0.25) is 5.16 Å². The van der Waals surface area contributed by atoms with Gasteiger partial charge in [0.25, 0.3) is 11.8 Å². The van der Waals surface area contributed by atoms with Crippen LogP contribution in [0.15, 0.2) is 51.2 Å². The van der Waals surface area contributed by atoms with E-state index in [2.05, 4.69) is 31.0 Å². The lowest BCUT2D eigenvalue weighted by Gasteiger charge is -2.49. The van der Waals surface area contributed by atoms with Crippen molar-refractivity contribution < 1.29 is 61.7 Å². The van der Waals surface area contributed by atoms with Gasteiger partial charge >= 0.3 is 24.0 Å². The minimum absolute atomic E-state index is 0.0507. The molecule has 270 valence electrons. The number of aliphatic hydroxyl groups excluding tert-OH is 1. The van der Waals surface area contributed by atoms with Gasteiger partial charge in [0, 0.05) is 16.9 Å². The number of carboxylic acid groups (broad SMARTS) is 2. The van der Waals surface area contributed by atoms with E-state index in [9.17, 15) is 51.7 Å². The van der Waals surface area contributed by atoms with Crippen molar-refractivity contribution in [3.05, 3.63) is 58.0 Å². The zero-order valence-corrected chi connectivity index (χ0v) is 27.6. The number of amides is 3. The number of aromatic nitrogens is 5. The summed E-state index contributed by atoms with van der Waals surface area (Å²) >= 11 is 2.56. The van der Waals surface area contributed by atoms with Crippen molar-refractivity contribution in [3.8, 4) is 0 Å². The number of carbonyl (C=O) groups is 5. The molecular weight excluding hydrogens is 755 g/mol. The Morgan fingerprint density at radius 3 is 2.57 bits per heavy atom. The predicted molar refractivity (Wildman–Crippen MR) is 166 cm³/mol. The van der Waals surface area contributed by atoms with E-state index in [4.69, 9.17) is 9.94 Å². The molecule has 0 saturated carbocycles. The number of tetrazole rings is 1. The van der Waals surface area contributed by atoms with Gasteiger partial charge in [-0.05, 0) is 33.7 Å². The minimum Gasteiger partial charge on any atom is -0.479 e. The maximum Gasteiger partial charge on any atom is 0.471 e. The average Bonchev–Trinajstić information content (AvgIpc) is 3.73. The highest BCUT2D eigenvalue weighted by Gasteiger charge is 2.54. The monoisotopic (exact) mass is 775 g/mol. The maximum atomic E-state index is 13.4. The highest BCUT2D eigenvalue weighted by Crippen LogP contribution is 2.41. The summed E-state index contributed by atoms with van der Waals surface area (Å²) in [6, 6.07) is 3.73. The second-order valence-corrected chi connectivity index (χ2v) is 13.1. The Kier molecular flexibility index (Phi) is 11.2. The molecule has 2 aliphatic heterocycles. The fourth-order valence-corrected chi connectivity index (χ4v) is 7.44. The van der Waals surface area contributed by atoms with E-state index in [1.165, 1.54) is 12.1 Å². The number of carboxylic acids is 2. The molecule has 2 aromatic heterocycles. The summed E-state index contributed by atoms with van der Waals surface area (Å²) in [5.41, 5.74) is -0.613. The standard InChI is InChI=1S/C26H21F4N9O9S3/c27-12-3-1-10(2-4-12)6-48-35-15(13-9-50-24(31-13)33-23(47)26(28,29)30)18(41)32-16-19(42)39-17(22(45)46)11(7-49-20(16)39)8-51-25-34-36-37-38(25)5-14(40)21(43)44/h1-4,9,14,16,20,40H,5-8H2,(H,32,41)(H,43,44)(H,45,46)(H,31,33,47)/t14?,16?,20-/m1/s1. The molecule has 3 amide bonds. The number of fused-ring (bicyclic) bond motifs is 1. The average molecular weight is 776 g/mol. The van der Waals surface area contributed by atoms with Crippen LogP contribution in [0.5, 0.6) is 0 Å². The van der Waals surface area contributed by atoms with Crippen LogP contribution in [0.1, 0.15) is 11.3 Å². The van der Waals surface area contributed by atoms with E-state index in [-0.39, 0.29) is 40.2 Å². The SMILES string of the molecule is O=C(O)C1=C(CSc2nnnn2CC(O)C(=O)O)CS[C@@H]2C(NC(=O)C(=NOCc3ccc(F)cc3)c3csc(NC(=O)C(F)(F)F)n3)C(=O)N12. The largest absolute Gasteiger partial charge is 0.479 e. The van der Waals surface area contributed by atoms with E-state index in [0.717, 1.165) is 50.6 Å². The highest BCUT2D eigenvalue weighted by atomic mass is 32.2. The quantitative estimate of drug-likeness (QED) is 0.0496. The van der Waals surface area contributed by atoms with Crippen molar-refractivity contribution in [2.45, 2.75) is 42.0 Å². The van der Waals surface area contributed by atoms with Gasteiger partial charge < -0.3 is 25.5 Å². The second kappa shape index (κ2) is 15.4. The highest BCUT2D eigenvalue weighted by molar-refractivity contribution is 8.01. The number of oxime groups is 1. The van der Waals surface area contributed by atoms with Crippen molar-refractivity contribution in [1.82, 2.24) is 35.4 Å². The molecule has 0 radical (unpaired) electrons. The van der Waals surface area contributed by atoms with Crippen LogP contribution in [0.4, 0.5) is 22.7 Å². The Hall–Kier alpha value is -5.14. The Balaban J connectivity index is 1.31. The van der Waals surface area contributed by atoms with Gasteiger partial charge in [0.15, 0.2) is 16.9 Å². The number of alkyl halides is 3. The summed E-state index contributed by atoms with van der Waals surface area (Å²) in [6.07, 6.45) is -7.03. The summed E-state index contributed by atoms with van der Waals surface area (Å²) in [4.78, 5) is 71.4. The number of benzene rings is 1. The molecule has 1 saturated heterocycles. The van der Waals surface area contributed by atoms with Gasteiger partial charge in [-0.2, -0.15) is 13.2 Å². The van der Waals surface area contributed by atoms with E-state index in [1.54, 1.807) is 5.32 Å². The van der Waals surface area contributed by atoms with Gasteiger partial charge in [0.05, 0.1) is 6.54 Å². The van der Waals surface area contributed by atoms with Crippen molar-refractivity contribution in [2.24, 2.45) is 5.16 Å². The third-order valence-corrected chi connectivity index (χ3v) is 9.92. The van der Waals surface area contributed by atoms with Crippen LogP contribution < -0.4 is 10.6 Å². The number of hydrogen-bond donors (Lipinski definition) is 5. The molecular formula is C26H21F4N9O9S3. The molecule has 3 aromatic rings. The molecule has 0 bridgehead atoms. The zero-order valence-electron chi connectivity index (χ0n) is 25.1. The van der Waals surface area contributed by atoms with Gasteiger partial charge in [0.1, 0.15) is 35.2 Å². The molecule has 5 rings (SSSR count). The fraction of sp³-hybridized carbons (Fsp3) is 0.308. The molecule has 0 aliphatic carbocycles. The molecule has 51 heavy (non-hydrogen) atoms. The van der Waals surface area contributed by atoms with Gasteiger partial charge in [-0.1, -0.05) is 29.1 Å². The maximum absolute atomic E-state index is 13.4. The number of β-lactam (4-membered cyclic amide) rings is 1. The summed E-state index contributed by atoms with van der Waals surface area (Å²) < 4.78 is 52.5. The van der Waals surface area contributed by atoms with Crippen LogP contribution in [0.25, 0.3) is 0 Å². The number of hydrogen-bond acceptors (Lipinski definition) is 15. The Morgan fingerprint density at radius 2 is 1.90 bits per heavy atom. The Morgan fingerprint density at radius 1 is 1.18 bits per heavy atom. The number of carbonyl (C=O) groups excluding carboxylic acids is 3. The molecule has 5 N–H and O–H groups in total. The smallest absolute Gasteiger partial charge is 0.471 e. The lowest BCUT2D eigenvalue weighted by molar-refractivity contribution is -0.167. The van der Waals surface area contributed by atoms with Crippen LogP contribution in [0, 0.1) is 5.82 Å². The summed E-state index contributed by atoms with van der Waals surface area (Å²) in [7, 11) is 0. The topological polar surface area (TPSA) is 251 Å². The third-order valence-electron chi connectivity index (χ3n) is 6.78. The number of aliphatic hydroxyl groups is 1. The van der Waals surface area contributed by atoms with Crippen LogP contribution >= 0.6 is 34.9 Å². The van der Waals surface area contributed by atoms with Crippen molar-refractivity contribution in [3.63, 3.8) is 0 Å². The number of thioether (sulfide) groups is 2. The first-order valence-electron chi connectivity index (χ1n) is 13.9. The van der Waals surface area contributed by atoms with Gasteiger partial charge in [-0.3, -0.25) is 24.6 Å². The number of halogens is 4. The first-order valence-corrected chi connectivity index (χ1v) is 16.8. The molecule has 25 heteroatoms. The number of thiazole rings is 1. The first kappa shape index (κ1) is 37.1. The van der Waals surface area contributed by atoms with Crippen molar-refractivity contribution in [2.75, 3.05) is 16.8 Å². The van der Waals surface area contributed by atoms with E-state index in [1.807, 2.05) is 0 Å². The second-order valence-electron chi connectivity index (χ2n) is 10.2. The number of anilines is 1. The molecule has 2 aliphatic rings. The van der Waals surface area contributed by atoms with E-state index < -0.39 is 76.6 Å². The summed E-state index contributed by atoms with van der Waals surface area (Å²) in [5, 5.41) is 46.8. The van der Waals surface area contributed by atoms with Crippen LogP contribution in [0.3, 0.4) is 0 Å². The molecule has 4 heterocycles. The zero-order chi connectivity index (χ0) is 37.0. The van der Waals surface area contributed by atoms with E-state index in [0.29, 0.717) is 16.9 Å². The Labute approximate surface area is 293 Å². The predicted octanol–water partition coefficient (Wildman–Crippen LogP) is 0.667. The van der Waals surface area contributed by atoms with Crippen molar-refractivity contribution >= 4 is 75.4 Å². The summed E-state index contributed by atoms with van der Waals surface area (Å²) in [6.45, 7) is -0.765. The summed E-state index contributed by atoms with van der Waals surface area (Å²) in [5.74, 6) is -7.70. The molecule has 1 fully saturated rings. The van der Waals surface area contributed by atoms with Crippen LogP contribution in [-0.2, 0) is 42.0 Å². The third kappa shape index (κ3) is 8.61. The molecule has 1 aromatic carbocycles. The van der Waals surface area contributed by atoms with E-state index >= 15 is 0 Å².